The van der Waals surface area contributed by atoms with Crippen molar-refractivity contribution in [1.29, 1.82) is 0 Å². The summed E-state index contributed by atoms with van der Waals surface area (Å²) in [6, 6.07) is 4.60. The number of carbonyl (C=O) groups excluding carboxylic acids is 2. The summed E-state index contributed by atoms with van der Waals surface area (Å²) >= 11 is 0. The number of nitrogens with zero attached hydrogens (tertiary/aromatic N) is 4. The zero-order valence-electron chi connectivity index (χ0n) is 16.1. The van der Waals surface area contributed by atoms with Crippen molar-refractivity contribution in [2.75, 3.05) is 32.5 Å². The van der Waals surface area contributed by atoms with Gasteiger partial charge in [-0.2, -0.15) is 0 Å². The minimum atomic E-state index is -0.317. The Balaban J connectivity index is 1.59. The van der Waals surface area contributed by atoms with Crippen molar-refractivity contribution in [1.82, 2.24) is 25.1 Å². The fourth-order valence-electron chi connectivity index (χ4n) is 2.85. The topological polar surface area (TPSA) is 90.5 Å². The molecular formula is C19H23FN6O2. The molecule has 0 atom stereocenters. The second kappa shape index (κ2) is 8.20. The summed E-state index contributed by atoms with van der Waals surface area (Å²) in [7, 11) is 3.31. The fraction of sp³-hybridized carbons (Fsp3) is 0.368. The van der Waals surface area contributed by atoms with Gasteiger partial charge in [-0.25, -0.2) is 14.2 Å². The van der Waals surface area contributed by atoms with Crippen LogP contribution in [0.2, 0.25) is 0 Å². The smallest absolute Gasteiger partial charge is 0.316 e. The van der Waals surface area contributed by atoms with Gasteiger partial charge in [-0.15, -0.1) is 0 Å². The number of aromatic nitrogens is 2. The van der Waals surface area contributed by atoms with E-state index in [0.29, 0.717) is 48.0 Å². The minimum Gasteiger partial charge on any atom is -0.366 e. The van der Waals surface area contributed by atoms with Crippen LogP contribution in [-0.2, 0) is 13.1 Å². The Hall–Kier alpha value is -3.23. The van der Waals surface area contributed by atoms with E-state index in [4.69, 9.17) is 0 Å². The highest BCUT2D eigenvalue weighted by Crippen LogP contribution is 2.22. The summed E-state index contributed by atoms with van der Waals surface area (Å²) < 4.78 is 13.9. The molecule has 2 aromatic rings. The zero-order valence-corrected chi connectivity index (χ0v) is 16.1. The lowest BCUT2D eigenvalue weighted by molar-refractivity contribution is 0.0779. The van der Waals surface area contributed by atoms with Crippen LogP contribution in [0.4, 0.5) is 15.0 Å². The molecular weight excluding hydrogens is 363 g/mol. The summed E-state index contributed by atoms with van der Waals surface area (Å²) in [4.78, 5) is 35.7. The number of hydrogen-bond acceptors (Lipinski definition) is 5. The van der Waals surface area contributed by atoms with E-state index in [9.17, 15) is 14.0 Å². The van der Waals surface area contributed by atoms with Crippen LogP contribution >= 0.6 is 0 Å². The van der Waals surface area contributed by atoms with E-state index in [1.54, 1.807) is 38.1 Å². The van der Waals surface area contributed by atoms with Crippen molar-refractivity contribution in [2.45, 2.75) is 20.0 Å². The molecule has 9 heteroatoms. The van der Waals surface area contributed by atoms with Gasteiger partial charge in [0, 0.05) is 51.2 Å². The molecule has 3 amide bonds. The Kier molecular flexibility index (Phi) is 5.72. The van der Waals surface area contributed by atoms with Crippen molar-refractivity contribution in [3.8, 4) is 0 Å². The number of anilines is 1. The maximum absolute atomic E-state index is 13.9. The quantitative estimate of drug-likeness (QED) is 0.790. The van der Waals surface area contributed by atoms with E-state index in [-0.39, 0.29) is 24.3 Å². The first kappa shape index (κ1) is 19.5. The Morgan fingerprint density at radius 1 is 1.36 bits per heavy atom. The summed E-state index contributed by atoms with van der Waals surface area (Å²) in [6.07, 6.45) is 1.50. The zero-order chi connectivity index (χ0) is 20.3. The van der Waals surface area contributed by atoms with Gasteiger partial charge >= 0.3 is 6.03 Å². The van der Waals surface area contributed by atoms with Crippen molar-refractivity contribution in [3.05, 3.63) is 52.7 Å². The number of urea groups is 1. The SMILES string of the molecule is Cc1cc(F)c(CNc2ccc3c(n2)CN(CCNC(=O)N(C)C)C3=O)cn1. The lowest BCUT2D eigenvalue weighted by Crippen LogP contribution is -2.39. The number of halogens is 1. The Morgan fingerprint density at radius 3 is 2.86 bits per heavy atom. The molecule has 0 spiro atoms. The standard InChI is InChI=1S/C19H23FN6O2/c1-12-8-15(20)13(9-22-12)10-23-17-5-4-14-16(24-17)11-26(18(14)27)7-6-21-19(28)25(2)3/h4-5,8-9H,6-7,10-11H2,1-3H3,(H,21,28)(H,23,24). The monoisotopic (exact) mass is 386 g/mol. The van der Waals surface area contributed by atoms with Gasteiger partial charge in [0.05, 0.1) is 17.8 Å². The lowest BCUT2D eigenvalue weighted by Gasteiger charge is -2.17. The predicted molar refractivity (Wildman–Crippen MR) is 102 cm³/mol. The number of nitrogens with one attached hydrogen (secondary N) is 2. The van der Waals surface area contributed by atoms with Gasteiger partial charge in [0.25, 0.3) is 5.91 Å². The van der Waals surface area contributed by atoms with Crippen LogP contribution < -0.4 is 10.6 Å². The minimum absolute atomic E-state index is 0.109. The first-order chi connectivity index (χ1) is 13.3. The van der Waals surface area contributed by atoms with Gasteiger partial charge in [-0.05, 0) is 25.1 Å². The first-order valence-corrected chi connectivity index (χ1v) is 8.94. The fourth-order valence-corrected chi connectivity index (χ4v) is 2.85. The van der Waals surface area contributed by atoms with Gasteiger partial charge in [-0.3, -0.25) is 9.78 Å². The second-order valence-electron chi connectivity index (χ2n) is 6.81. The molecule has 28 heavy (non-hydrogen) atoms. The number of fused-ring (bicyclic) bond motifs is 1. The van der Waals surface area contributed by atoms with Crippen LogP contribution in [0.15, 0.2) is 24.4 Å². The Bertz CT molecular complexity index is 902. The van der Waals surface area contributed by atoms with Crippen molar-refractivity contribution in [2.24, 2.45) is 0 Å². The molecule has 2 aromatic heterocycles. The molecule has 0 aliphatic carbocycles. The number of amides is 3. The molecule has 8 nitrogen and oxygen atoms in total. The average molecular weight is 386 g/mol. The molecule has 148 valence electrons. The first-order valence-electron chi connectivity index (χ1n) is 8.94. The van der Waals surface area contributed by atoms with Crippen LogP contribution in [-0.4, -0.2) is 58.9 Å². The maximum Gasteiger partial charge on any atom is 0.316 e. The molecule has 0 saturated heterocycles. The summed E-state index contributed by atoms with van der Waals surface area (Å²) in [6.45, 7) is 3.12. The molecule has 1 aliphatic heterocycles. The van der Waals surface area contributed by atoms with Crippen LogP contribution in [0.1, 0.15) is 27.3 Å². The number of pyridine rings is 2. The number of carbonyl (C=O) groups is 2. The largest absolute Gasteiger partial charge is 0.366 e. The molecule has 1 aliphatic rings. The van der Waals surface area contributed by atoms with Gasteiger partial charge in [0.1, 0.15) is 11.6 Å². The molecule has 3 heterocycles. The van der Waals surface area contributed by atoms with Crippen LogP contribution in [0, 0.1) is 12.7 Å². The molecule has 2 N–H and O–H groups in total. The third kappa shape index (κ3) is 4.36. The average Bonchev–Trinajstić information content (AvgIpc) is 2.96. The molecule has 0 fully saturated rings. The van der Waals surface area contributed by atoms with Gasteiger partial charge in [-0.1, -0.05) is 0 Å². The van der Waals surface area contributed by atoms with Crippen molar-refractivity contribution >= 4 is 17.8 Å². The van der Waals surface area contributed by atoms with E-state index in [1.807, 2.05) is 0 Å². The van der Waals surface area contributed by atoms with Gasteiger partial charge < -0.3 is 20.4 Å². The van der Waals surface area contributed by atoms with E-state index >= 15 is 0 Å². The van der Waals surface area contributed by atoms with Crippen LogP contribution in [0.3, 0.4) is 0 Å². The van der Waals surface area contributed by atoms with Crippen LogP contribution in [0.25, 0.3) is 0 Å². The highest BCUT2D eigenvalue weighted by atomic mass is 19.1. The molecule has 0 bridgehead atoms. The summed E-state index contributed by atoms with van der Waals surface area (Å²) in [5.41, 5.74) is 2.28. The maximum atomic E-state index is 13.9. The Labute approximate surface area is 162 Å². The highest BCUT2D eigenvalue weighted by Gasteiger charge is 2.28. The van der Waals surface area contributed by atoms with Gasteiger partial charge in [0.15, 0.2) is 0 Å². The lowest BCUT2D eigenvalue weighted by atomic mass is 10.2. The summed E-state index contributed by atoms with van der Waals surface area (Å²) in [5.74, 6) is 0.138. The third-order valence-electron chi connectivity index (χ3n) is 4.42. The summed E-state index contributed by atoms with van der Waals surface area (Å²) in [5, 5.41) is 5.80. The molecule has 0 unspecified atom stereocenters. The molecule has 0 radical (unpaired) electrons. The molecule has 0 saturated carbocycles. The van der Waals surface area contributed by atoms with E-state index in [1.165, 1.54) is 17.2 Å². The number of rotatable bonds is 6. The third-order valence-corrected chi connectivity index (χ3v) is 4.42. The predicted octanol–water partition coefficient (Wildman–Crippen LogP) is 1.76. The highest BCUT2D eigenvalue weighted by molar-refractivity contribution is 5.98. The van der Waals surface area contributed by atoms with Gasteiger partial charge in [0.2, 0.25) is 0 Å². The number of hydrogen-bond donors (Lipinski definition) is 2. The second-order valence-corrected chi connectivity index (χ2v) is 6.81. The normalized spacial score (nSPS) is 12.7. The van der Waals surface area contributed by atoms with Crippen molar-refractivity contribution < 1.29 is 14.0 Å². The molecule has 0 aromatic carbocycles. The van der Waals surface area contributed by atoms with E-state index in [2.05, 4.69) is 20.6 Å². The van der Waals surface area contributed by atoms with E-state index < -0.39 is 0 Å². The van der Waals surface area contributed by atoms with E-state index in [0.717, 1.165) is 0 Å². The molecule has 3 rings (SSSR count). The van der Waals surface area contributed by atoms with Crippen LogP contribution in [0.5, 0.6) is 0 Å². The Morgan fingerprint density at radius 2 is 2.14 bits per heavy atom. The number of aryl methyl sites for hydroxylation is 1. The van der Waals surface area contributed by atoms with Crippen molar-refractivity contribution in [3.63, 3.8) is 0 Å².